The van der Waals surface area contributed by atoms with Gasteiger partial charge in [0.2, 0.25) is 0 Å². The maximum atomic E-state index is 13.8. The summed E-state index contributed by atoms with van der Waals surface area (Å²) in [7, 11) is 0. The van der Waals surface area contributed by atoms with Gasteiger partial charge in [-0.25, -0.2) is 19.4 Å². The summed E-state index contributed by atoms with van der Waals surface area (Å²) < 4.78 is 13.8. The predicted molar refractivity (Wildman–Crippen MR) is 83.4 cm³/mol. The van der Waals surface area contributed by atoms with E-state index in [1.807, 2.05) is 0 Å². The largest absolute Gasteiger partial charge is 0.343 e. The number of aromatic amines is 1. The molecule has 4 rings (SSSR count). The molecule has 116 valence electrons. The normalized spacial score (nSPS) is 14.2. The molecule has 2 aromatic heterocycles. The Bertz CT molecular complexity index is 902. The number of nitrogens with one attached hydrogen (secondary N) is 2. The number of pyridine rings is 1. The van der Waals surface area contributed by atoms with Gasteiger partial charge in [0, 0.05) is 11.8 Å². The van der Waals surface area contributed by atoms with Crippen molar-refractivity contribution in [2.24, 2.45) is 0 Å². The van der Waals surface area contributed by atoms with Crippen molar-refractivity contribution < 1.29 is 9.60 Å². The molecule has 23 heavy (non-hydrogen) atoms. The molecule has 0 radical (unpaired) electrons. The van der Waals surface area contributed by atoms with E-state index >= 15 is 0 Å². The Hall–Kier alpha value is -2.80. The summed E-state index contributed by atoms with van der Waals surface area (Å²) >= 11 is 0. The molecule has 0 aliphatic heterocycles. The van der Waals surface area contributed by atoms with Gasteiger partial charge in [-0.1, -0.05) is 0 Å². The number of rotatable bonds is 3. The van der Waals surface area contributed by atoms with Gasteiger partial charge in [-0.3, -0.25) is 10.6 Å². The molecule has 0 atom stereocenters. The number of hydroxylamine groups is 1. The molecule has 1 saturated carbocycles. The summed E-state index contributed by atoms with van der Waals surface area (Å²) in [6.45, 7) is 0. The molecular weight excluding hydrogens is 297 g/mol. The number of nitrogens with zero attached hydrogens (tertiary/aromatic N) is 3. The van der Waals surface area contributed by atoms with Crippen molar-refractivity contribution in [1.82, 2.24) is 15.0 Å². The van der Waals surface area contributed by atoms with Crippen LogP contribution in [0.15, 0.2) is 36.8 Å². The Morgan fingerprint density at radius 2 is 2.13 bits per heavy atom. The first-order valence-electron chi connectivity index (χ1n) is 7.30. The second kappa shape index (κ2) is 5.13. The topological polar surface area (TPSA) is 88.9 Å². The lowest BCUT2D eigenvalue weighted by Crippen LogP contribution is -2.27. The average molecular weight is 311 g/mol. The minimum absolute atomic E-state index is 0.130. The lowest BCUT2D eigenvalue weighted by Gasteiger charge is -2.19. The molecule has 0 amide bonds. The first-order valence-corrected chi connectivity index (χ1v) is 7.30. The van der Waals surface area contributed by atoms with E-state index < -0.39 is 0 Å². The molecular formula is C16H14FN5O. The van der Waals surface area contributed by atoms with Crippen molar-refractivity contribution in [2.45, 2.75) is 18.8 Å². The molecule has 3 aromatic rings. The number of anilines is 1. The fourth-order valence-corrected chi connectivity index (χ4v) is 2.66. The molecule has 0 saturated heterocycles. The van der Waals surface area contributed by atoms with Gasteiger partial charge < -0.3 is 4.98 Å². The van der Waals surface area contributed by atoms with E-state index in [2.05, 4.69) is 15.0 Å². The SMILES string of the molecule is N=C(c1ccnc2nc[nH]c12)N(O)c1ccc(F)c(C2CC2)c1. The van der Waals surface area contributed by atoms with Crippen molar-refractivity contribution in [2.75, 3.05) is 5.06 Å². The van der Waals surface area contributed by atoms with E-state index in [1.54, 1.807) is 12.1 Å². The quantitative estimate of drug-likeness (QED) is 0.394. The van der Waals surface area contributed by atoms with Gasteiger partial charge in [0.1, 0.15) is 5.82 Å². The zero-order chi connectivity index (χ0) is 16.0. The van der Waals surface area contributed by atoms with Gasteiger partial charge in [0.25, 0.3) is 0 Å². The first-order chi connectivity index (χ1) is 11.1. The number of benzene rings is 1. The summed E-state index contributed by atoms with van der Waals surface area (Å²) in [6, 6.07) is 6.02. The van der Waals surface area contributed by atoms with Crippen LogP contribution >= 0.6 is 0 Å². The van der Waals surface area contributed by atoms with Gasteiger partial charge in [-0.15, -0.1) is 0 Å². The van der Waals surface area contributed by atoms with Gasteiger partial charge in [-0.05, 0) is 48.6 Å². The minimum Gasteiger partial charge on any atom is -0.343 e. The average Bonchev–Trinajstić information content (AvgIpc) is 3.30. The van der Waals surface area contributed by atoms with Crippen molar-refractivity contribution in [3.63, 3.8) is 0 Å². The summed E-state index contributed by atoms with van der Waals surface area (Å²) in [5, 5.41) is 19.4. The number of fused-ring (bicyclic) bond motifs is 1. The van der Waals surface area contributed by atoms with Gasteiger partial charge in [0.15, 0.2) is 11.5 Å². The summed E-state index contributed by atoms with van der Waals surface area (Å²) in [5.41, 5.74) is 2.46. The first kappa shape index (κ1) is 13.8. The molecule has 0 bridgehead atoms. The van der Waals surface area contributed by atoms with E-state index in [4.69, 9.17) is 5.41 Å². The summed E-state index contributed by atoms with van der Waals surface area (Å²) in [5.74, 6) is -0.177. The Morgan fingerprint density at radius 1 is 1.30 bits per heavy atom. The molecule has 1 aromatic carbocycles. The Kier molecular flexibility index (Phi) is 3.09. The second-order valence-electron chi connectivity index (χ2n) is 5.60. The van der Waals surface area contributed by atoms with Crippen LogP contribution in [0.1, 0.15) is 29.9 Å². The number of H-pyrrole nitrogens is 1. The fraction of sp³-hybridized carbons (Fsp3) is 0.188. The highest BCUT2D eigenvalue weighted by Gasteiger charge is 2.27. The second-order valence-corrected chi connectivity index (χ2v) is 5.60. The third kappa shape index (κ3) is 2.35. The smallest absolute Gasteiger partial charge is 0.178 e. The molecule has 0 unspecified atom stereocenters. The number of amidine groups is 1. The van der Waals surface area contributed by atoms with E-state index in [9.17, 15) is 9.60 Å². The third-order valence-corrected chi connectivity index (χ3v) is 4.03. The zero-order valence-electron chi connectivity index (χ0n) is 12.1. The number of halogens is 1. The molecule has 2 heterocycles. The molecule has 3 N–H and O–H groups in total. The lowest BCUT2D eigenvalue weighted by molar-refractivity contribution is 0.311. The van der Waals surface area contributed by atoms with Crippen molar-refractivity contribution >= 4 is 22.7 Å². The molecule has 1 aliphatic carbocycles. The van der Waals surface area contributed by atoms with Crippen LogP contribution in [0.25, 0.3) is 11.2 Å². The lowest BCUT2D eigenvalue weighted by atomic mass is 10.1. The molecule has 1 aliphatic rings. The Morgan fingerprint density at radius 3 is 2.91 bits per heavy atom. The zero-order valence-corrected chi connectivity index (χ0v) is 12.1. The minimum atomic E-state index is -0.268. The fourth-order valence-electron chi connectivity index (χ4n) is 2.66. The van der Waals surface area contributed by atoms with Gasteiger partial charge in [-0.2, -0.15) is 0 Å². The van der Waals surface area contributed by atoms with E-state index in [-0.39, 0.29) is 17.6 Å². The van der Waals surface area contributed by atoms with Crippen molar-refractivity contribution in [1.29, 1.82) is 5.41 Å². The van der Waals surface area contributed by atoms with Gasteiger partial charge in [0.05, 0.1) is 17.5 Å². The standard InChI is InChI=1S/C16H14FN5O/c17-13-4-3-10(7-12(13)9-1-2-9)22(23)15(18)11-5-6-19-16-14(11)20-8-21-16/h3-9,18,23H,1-2H2,(H,19,20,21). The van der Waals surface area contributed by atoms with Crippen molar-refractivity contribution in [3.8, 4) is 0 Å². The Balaban J connectivity index is 1.71. The molecule has 1 fully saturated rings. The van der Waals surface area contributed by atoms with E-state index in [0.29, 0.717) is 28.0 Å². The van der Waals surface area contributed by atoms with Crippen LogP contribution in [0.2, 0.25) is 0 Å². The third-order valence-electron chi connectivity index (χ3n) is 4.03. The van der Waals surface area contributed by atoms with Crippen LogP contribution in [0.4, 0.5) is 10.1 Å². The number of imidazole rings is 1. The molecule has 7 heteroatoms. The van der Waals surface area contributed by atoms with Crippen molar-refractivity contribution in [3.05, 3.63) is 53.7 Å². The molecule has 0 spiro atoms. The summed E-state index contributed by atoms with van der Waals surface area (Å²) in [4.78, 5) is 11.0. The highest BCUT2D eigenvalue weighted by molar-refractivity contribution is 6.12. The van der Waals surface area contributed by atoms with E-state index in [0.717, 1.165) is 17.9 Å². The maximum Gasteiger partial charge on any atom is 0.178 e. The van der Waals surface area contributed by atoms with Crippen LogP contribution < -0.4 is 5.06 Å². The van der Waals surface area contributed by atoms with Crippen LogP contribution in [0, 0.1) is 11.2 Å². The number of aromatic nitrogens is 3. The summed E-state index contributed by atoms with van der Waals surface area (Å²) in [6.07, 6.45) is 4.94. The van der Waals surface area contributed by atoms with E-state index in [1.165, 1.54) is 24.7 Å². The Labute approximate surface area is 131 Å². The maximum absolute atomic E-state index is 13.8. The monoisotopic (exact) mass is 311 g/mol. The number of hydrogen-bond acceptors (Lipinski definition) is 4. The van der Waals surface area contributed by atoms with Gasteiger partial charge >= 0.3 is 0 Å². The van der Waals surface area contributed by atoms with Crippen LogP contribution in [-0.4, -0.2) is 26.0 Å². The van der Waals surface area contributed by atoms with Crippen LogP contribution in [-0.2, 0) is 0 Å². The van der Waals surface area contributed by atoms with Crippen LogP contribution in [0.5, 0.6) is 0 Å². The number of hydrogen-bond donors (Lipinski definition) is 3. The van der Waals surface area contributed by atoms with Crippen LogP contribution in [0.3, 0.4) is 0 Å². The predicted octanol–water partition coefficient (Wildman–Crippen LogP) is 3.20. The highest BCUT2D eigenvalue weighted by Crippen LogP contribution is 2.42. The highest BCUT2D eigenvalue weighted by atomic mass is 19.1. The molecule has 6 nitrogen and oxygen atoms in total.